The minimum Gasteiger partial charge on any atom is -0.392 e. The highest BCUT2D eigenvalue weighted by molar-refractivity contribution is 5.56. The van der Waals surface area contributed by atoms with Gasteiger partial charge in [0.1, 0.15) is 5.69 Å². The van der Waals surface area contributed by atoms with Gasteiger partial charge in [0.05, 0.1) is 6.61 Å². The molecule has 0 fully saturated rings. The topological polar surface area (TPSA) is 46.0 Å². The molecule has 0 radical (unpaired) electrons. The molecule has 1 heterocycles. The van der Waals surface area contributed by atoms with Gasteiger partial charge >= 0.3 is 0 Å². The summed E-state index contributed by atoms with van der Waals surface area (Å²) in [4.78, 5) is 7.83. The Bertz CT molecular complexity index is 558. The van der Waals surface area contributed by atoms with Gasteiger partial charge in [-0.1, -0.05) is 23.8 Å². The van der Waals surface area contributed by atoms with Crippen LogP contribution in [0, 0.1) is 6.92 Å². The van der Waals surface area contributed by atoms with Crippen LogP contribution in [0.25, 0.3) is 11.4 Å². The summed E-state index contributed by atoms with van der Waals surface area (Å²) >= 11 is 0. The number of aromatic nitrogens is 2. The van der Waals surface area contributed by atoms with E-state index in [4.69, 9.17) is 5.11 Å². The van der Waals surface area contributed by atoms with Gasteiger partial charge in [-0.25, -0.2) is 18.7 Å². The highest BCUT2D eigenvalue weighted by Crippen LogP contribution is 2.24. The first-order valence-electron chi connectivity index (χ1n) is 5.43. The van der Waals surface area contributed by atoms with Gasteiger partial charge in [-0.2, -0.15) is 0 Å². The summed E-state index contributed by atoms with van der Waals surface area (Å²) < 4.78 is 25.6. The van der Waals surface area contributed by atoms with E-state index in [9.17, 15) is 8.78 Å². The van der Waals surface area contributed by atoms with Crippen LogP contribution in [-0.4, -0.2) is 15.1 Å². The highest BCUT2D eigenvalue weighted by Gasteiger charge is 2.16. The number of alkyl halides is 2. The maximum atomic E-state index is 12.8. The van der Waals surface area contributed by atoms with Crippen molar-refractivity contribution in [2.75, 3.05) is 0 Å². The molecule has 3 nitrogen and oxygen atoms in total. The predicted molar refractivity (Wildman–Crippen MR) is 63.1 cm³/mol. The third-order valence-electron chi connectivity index (χ3n) is 2.55. The number of aliphatic hydroxyl groups is 1. The first-order valence-corrected chi connectivity index (χ1v) is 5.43. The van der Waals surface area contributed by atoms with Crippen molar-refractivity contribution in [1.29, 1.82) is 0 Å². The highest BCUT2D eigenvalue weighted by atomic mass is 19.3. The summed E-state index contributed by atoms with van der Waals surface area (Å²) in [5.74, 6) is 0.242. The Labute approximate surface area is 103 Å². The second-order valence-corrected chi connectivity index (χ2v) is 3.93. The molecule has 0 bridgehead atoms. The largest absolute Gasteiger partial charge is 0.392 e. The van der Waals surface area contributed by atoms with Crippen molar-refractivity contribution in [3.05, 3.63) is 47.3 Å². The molecule has 0 amide bonds. The van der Waals surface area contributed by atoms with Gasteiger partial charge in [-0.05, 0) is 13.0 Å². The first-order chi connectivity index (χ1) is 8.61. The normalized spacial score (nSPS) is 10.9. The molecule has 0 aliphatic heterocycles. The second-order valence-electron chi connectivity index (χ2n) is 3.93. The van der Waals surface area contributed by atoms with E-state index >= 15 is 0 Å². The van der Waals surface area contributed by atoms with Gasteiger partial charge in [-0.3, -0.25) is 0 Å². The van der Waals surface area contributed by atoms with Crippen LogP contribution >= 0.6 is 0 Å². The van der Waals surface area contributed by atoms with Crippen LogP contribution in [0.4, 0.5) is 8.78 Å². The van der Waals surface area contributed by atoms with Crippen LogP contribution in [0.3, 0.4) is 0 Å². The Morgan fingerprint density at radius 1 is 1.33 bits per heavy atom. The van der Waals surface area contributed by atoms with Crippen molar-refractivity contribution >= 4 is 0 Å². The fourth-order valence-electron chi connectivity index (χ4n) is 1.65. The molecule has 0 spiro atoms. The Hall–Kier alpha value is -1.88. The molecule has 0 saturated carbocycles. The molecule has 1 aromatic heterocycles. The average Bonchev–Trinajstić information content (AvgIpc) is 2.38. The van der Waals surface area contributed by atoms with Crippen molar-refractivity contribution < 1.29 is 13.9 Å². The summed E-state index contributed by atoms with van der Waals surface area (Å²) in [7, 11) is 0. The van der Waals surface area contributed by atoms with E-state index in [0.29, 0.717) is 5.56 Å². The van der Waals surface area contributed by atoms with Crippen molar-refractivity contribution in [2.45, 2.75) is 20.0 Å². The summed E-state index contributed by atoms with van der Waals surface area (Å²) in [6, 6.07) is 7.30. The Morgan fingerprint density at radius 3 is 2.72 bits per heavy atom. The lowest BCUT2D eigenvalue weighted by Crippen LogP contribution is -2.02. The average molecular weight is 250 g/mol. The number of aliphatic hydroxyl groups excluding tert-OH is 1. The maximum absolute atomic E-state index is 12.8. The van der Waals surface area contributed by atoms with E-state index in [-0.39, 0.29) is 11.4 Å². The van der Waals surface area contributed by atoms with E-state index < -0.39 is 18.7 Å². The van der Waals surface area contributed by atoms with Crippen LogP contribution in [0.2, 0.25) is 0 Å². The third-order valence-corrected chi connectivity index (χ3v) is 2.55. The predicted octanol–water partition coefficient (Wildman–Crippen LogP) is 2.88. The minimum absolute atomic E-state index is 0.0569. The van der Waals surface area contributed by atoms with Crippen molar-refractivity contribution in [1.82, 2.24) is 9.97 Å². The molecule has 2 rings (SSSR count). The fourth-order valence-corrected chi connectivity index (χ4v) is 1.65. The Morgan fingerprint density at radius 2 is 2.11 bits per heavy atom. The van der Waals surface area contributed by atoms with Gasteiger partial charge < -0.3 is 5.11 Å². The maximum Gasteiger partial charge on any atom is 0.280 e. The number of aryl methyl sites for hydroxylation is 1. The van der Waals surface area contributed by atoms with Crippen LogP contribution in [0.5, 0.6) is 0 Å². The summed E-state index contributed by atoms with van der Waals surface area (Å²) in [5.41, 5.74) is 1.33. The summed E-state index contributed by atoms with van der Waals surface area (Å²) in [6.45, 7) is 1.41. The molecule has 2 aromatic rings. The molecular formula is C13H12F2N2O. The van der Waals surface area contributed by atoms with Crippen LogP contribution in [-0.2, 0) is 6.61 Å². The zero-order valence-corrected chi connectivity index (χ0v) is 9.77. The number of halogens is 2. The molecule has 1 N–H and O–H groups in total. The van der Waals surface area contributed by atoms with Gasteiger partial charge in [0.2, 0.25) is 0 Å². The molecule has 0 unspecified atom stereocenters. The van der Waals surface area contributed by atoms with E-state index in [2.05, 4.69) is 9.97 Å². The molecule has 5 heteroatoms. The van der Waals surface area contributed by atoms with Crippen molar-refractivity contribution in [3.8, 4) is 11.4 Å². The zero-order valence-electron chi connectivity index (χ0n) is 9.77. The summed E-state index contributed by atoms with van der Waals surface area (Å²) in [5, 5.41) is 8.96. The van der Waals surface area contributed by atoms with Gasteiger partial charge in [-0.15, -0.1) is 0 Å². The van der Waals surface area contributed by atoms with E-state index in [1.54, 1.807) is 6.07 Å². The fraction of sp³-hybridized carbons (Fsp3) is 0.231. The second kappa shape index (κ2) is 5.18. The number of hydrogen-bond donors (Lipinski definition) is 1. The smallest absolute Gasteiger partial charge is 0.280 e. The van der Waals surface area contributed by atoms with Crippen LogP contribution in [0.1, 0.15) is 23.2 Å². The molecule has 0 aliphatic carbocycles. The molecule has 0 atom stereocenters. The van der Waals surface area contributed by atoms with Crippen molar-refractivity contribution in [2.24, 2.45) is 0 Å². The molecule has 0 saturated heterocycles. The lowest BCUT2D eigenvalue weighted by atomic mass is 10.1. The number of benzene rings is 1. The zero-order chi connectivity index (χ0) is 13.1. The SMILES string of the molecule is Cc1cccc(-c2ncc(CO)c(C(F)F)n2)c1. The molecule has 94 valence electrons. The quantitative estimate of drug-likeness (QED) is 0.911. The third kappa shape index (κ3) is 2.51. The molecule has 18 heavy (non-hydrogen) atoms. The lowest BCUT2D eigenvalue weighted by Gasteiger charge is -2.08. The molecule has 1 aromatic carbocycles. The van der Waals surface area contributed by atoms with Gasteiger partial charge in [0.15, 0.2) is 5.82 Å². The van der Waals surface area contributed by atoms with Crippen LogP contribution in [0.15, 0.2) is 30.5 Å². The lowest BCUT2D eigenvalue weighted by molar-refractivity contribution is 0.141. The Balaban J connectivity index is 2.50. The number of hydrogen-bond acceptors (Lipinski definition) is 3. The molecular weight excluding hydrogens is 238 g/mol. The summed E-state index contributed by atoms with van der Waals surface area (Å²) in [6.07, 6.45) is -1.48. The molecule has 0 aliphatic rings. The van der Waals surface area contributed by atoms with Gasteiger partial charge in [0.25, 0.3) is 6.43 Å². The van der Waals surface area contributed by atoms with E-state index in [1.165, 1.54) is 6.20 Å². The number of rotatable bonds is 3. The first kappa shape index (κ1) is 12.6. The minimum atomic E-state index is -2.72. The van der Waals surface area contributed by atoms with E-state index in [0.717, 1.165) is 5.56 Å². The number of nitrogens with zero attached hydrogens (tertiary/aromatic N) is 2. The monoisotopic (exact) mass is 250 g/mol. The van der Waals surface area contributed by atoms with Gasteiger partial charge in [0, 0.05) is 17.3 Å². The standard InChI is InChI=1S/C13H12F2N2O/c1-8-3-2-4-9(5-8)13-16-6-10(7-18)11(17-13)12(14)15/h2-6,12,18H,7H2,1H3. The van der Waals surface area contributed by atoms with E-state index in [1.807, 2.05) is 25.1 Å². The van der Waals surface area contributed by atoms with Crippen LogP contribution < -0.4 is 0 Å². The Kier molecular flexibility index (Phi) is 3.62. The van der Waals surface area contributed by atoms with Crippen molar-refractivity contribution in [3.63, 3.8) is 0 Å².